The Kier molecular flexibility index (Phi) is 4.99. The molecule has 74 valence electrons. The smallest absolute Gasteiger partial charge is 0.198 e. The Bertz CT molecular complexity index is 233. The van der Waals surface area contributed by atoms with Crippen LogP contribution in [0.1, 0.15) is 26.7 Å². The van der Waals surface area contributed by atoms with Crippen LogP contribution in [-0.4, -0.2) is 22.7 Å². The second-order valence-corrected chi connectivity index (χ2v) is 2.84. The minimum atomic E-state index is -0.548. The Balaban J connectivity index is 3.90. The highest BCUT2D eigenvalue weighted by Crippen LogP contribution is 2.03. The number of ketones is 2. The van der Waals surface area contributed by atoms with Crippen molar-refractivity contribution in [2.45, 2.75) is 32.7 Å². The molecule has 3 N–H and O–H groups in total. The predicted octanol–water partition coefficient (Wildman–Crippen LogP) is 0.714. The van der Waals surface area contributed by atoms with E-state index in [-0.39, 0.29) is 12.2 Å². The van der Waals surface area contributed by atoms with Crippen molar-refractivity contribution in [2.24, 2.45) is 5.73 Å². The molecule has 0 saturated carbocycles. The van der Waals surface area contributed by atoms with Crippen molar-refractivity contribution >= 4 is 11.6 Å². The number of Topliss-reactive ketones (excluding diaryl/α,β-unsaturated/α-hetero) is 2. The average Bonchev–Trinajstić information content (AvgIpc) is 2.11. The van der Waals surface area contributed by atoms with Gasteiger partial charge >= 0.3 is 0 Å². The molecule has 0 saturated heterocycles. The van der Waals surface area contributed by atoms with E-state index in [2.05, 4.69) is 0 Å². The lowest BCUT2D eigenvalue weighted by molar-refractivity contribution is -0.135. The Morgan fingerprint density at radius 3 is 2.46 bits per heavy atom. The van der Waals surface area contributed by atoms with Crippen molar-refractivity contribution in [3.8, 4) is 0 Å². The summed E-state index contributed by atoms with van der Waals surface area (Å²) in [7, 11) is 0. The summed E-state index contributed by atoms with van der Waals surface area (Å²) >= 11 is 0. The van der Waals surface area contributed by atoms with E-state index >= 15 is 0 Å². The lowest BCUT2D eigenvalue weighted by Gasteiger charge is -2.08. The highest BCUT2D eigenvalue weighted by atomic mass is 16.3. The maximum atomic E-state index is 10.9. The van der Waals surface area contributed by atoms with Gasteiger partial charge in [0.15, 0.2) is 11.6 Å². The average molecular weight is 185 g/mol. The van der Waals surface area contributed by atoms with Gasteiger partial charge in [-0.1, -0.05) is 0 Å². The lowest BCUT2D eigenvalue weighted by atomic mass is 10.1. The van der Waals surface area contributed by atoms with Crippen molar-refractivity contribution < 1.29 is 14.7 Å². The van der Waals surface area contributed by atoms with E-state index in [9.17, 15) is 9.59 Å². The number of carbonyl (C=O) groups is 2. The first-order valence-electron chi connectivity index (χ1n) is 4.13. The number of allylic oxidation sites excluding steroid dienone is 1. The molecule has 0 spiro atoms. The van der Waals surface area contributed by atoms with Crippen LogP contribution in [0.5, 0.6) is 0 Å². The second-order valence-electron chi connectivity index (χ2n) is 2.84. The molecule has 0 bridgehead atoms. The van der Waals surface area contributed by atoms with Gasteiger partial charge in [-0.3, -0.25) is 9.59 Å². The maximum Gasteiger partial charge on any atom is 0.198 e. The van der Waals surface area contributed by atoms with Gasteiger partial charge in [0.25, 0.3) is 0 Å². The van der Waals surface area contributed by atoms with Crippen LogP contribution in [0.25, 0.3) is 0 Å². The van der Waals surface area contributed by atoms with Gasteiger partial charge < -0.3 is 10.8 Å². The first-order valence-corrected chi connectivity index (χ1v) is 4.13. The summed E-state index contributed by atoms with van der Waals surface area (Å²) in [5, 5.41) is 9.12. The van der Waals surface area contributed by atoms with Crippen molar-refractivity contribution in [2.75, 3.05) is 0 Å². The number of hydrogen-bond acceptors (Lipinski definition) is 4. The fourth-order valence-electron chi connectivity index (χ4n) is 0.825. The molecule has 13 heavy (non-hydrogen) atoms. The van der Waals surface area contributed by atoms with Crippen LogP contribution in [0.3, 0.4) is 0 Å². The summed E-state index contributed by atoms with van der Waals surface area (Å²) in [5.41, 5.74) is 5.49. The van der Waals surface area contributed by atoms with E-state index in [1.54, 1.807) is 6.92 Å². The third-order valence-corrected chi connectivity index (χ3v) is 1.75. The highest BCUT2D eigenvalue weighted by molar-refractivity contribution is 6.36. The molecular formula is C9H15NO3. The van der Waals surface area contributed by atoms with Gasteiger partial charge in [-0.2, -0.15) is 0 Å². The molecule has 4 nitrogen and oxygen atoms in total. The molecule has 0 aromatic rings. The monoisotopic (exact) mass is 185 g/mol. The summed E-state index contributed by atoms with van der Waals surface area (Å²) in [6, 6.07) is -0.548. The van der Waals surface area contributed by atoms with Gasteiger partial charge in [-0.15, -0.1) is 0 Å². The standard InChI is InChI=1S/C9H15NO3/c1-3-8(12)7(10)4-5-9(13)6(2)11/h3,7,12H,4-5,10H2,1-2H3. The summed E-state index contributed by atoms with van der Waals surface area (Å²) in [6.07, 6.45) is 1.87. The van der Waals surface area contributed by atoms with E-state index in [1.165, 1.54) is 13.0 Å². The van der Waals surface area contributed by atoms with E-state index in [0.29, 0.717) is 6.42 Å². The van der Waals surface area contributed by atoms with Crippen LogP contribution in [-0.2, 0) is 9.59 Å². The van der Waals surface area contributed by atoms with E-state index in [0.717, 1.165) is 0 Å². The summed E-state index contributed by atoms with van der Waals surface area (Å²) in [5.74, 6) is -0.858. The van der Waals surface area contributed by atoms with Crippen LogP contribution in [0, 0.1) is 0 Å². The van der Waals surface area contributed by atoms with Gasteiger partial charge in [0.2, 0.25) is 0 Å². The third-order valence-electron chi connectivity index (χ3n) is 1.75. The first-order chi connectivity index (χ1) is 5.99. The Morgan fingerprint density at radius 1 is 1.54 bits per heavy atom. The lowest BCUT2D eigenvalue weighted by Crippen LogP contribution is -2.24. The fourth-order valence-corrected chi connectivity index (χ4v) is 0.825. The molecule has 0 rings (SSSR count). The number of carbonyl (C=O) groups excluding carboxylic acids is 2. The number of hydrogen-bond donors (Lipinski definition) is 2. The molecule has 0 heterocycles. The van der Waals surface area contributed by atoms with Crippen LogP contribution < -0.4 is 5.73 Å². The van der Waals surface area contributed by atoms with Gasteiger partial charge in [-0.25, -0.2) is 0 Å². The van der Waals surface area contributed by atoms with Crippen molar-refractivity contribution in [3.63, 3.8) is 0 Å². The second kappa shape index (κ2) is 5.48. The number of aliphatic hydroxyl groups excluding tert-OH is 1. The summed E-state index contributed by atoms with van der Waals surface area (Å²) in [4.78, 5) is 21.4. The molecule has 0 aliphatic rings. The van der Waals surface area contributed by atoms with Gasteiger partial charge in [0, 0.05) is 13.3 Å². The number of nitrogens with two attached hydrogens (primary N) is 1. The molecule has 0 aliphatic carbocycles. The van der Waals surface area contributed by atoms with E-state index in [1.807, 2.05) is 0 Å². The molecule has 0 fully saturated rings. The maximum absolute atomic E-state index is 10.9. The molecule has 4 heteroatoms. The molecule has 1 unspecified atom stereocenters. The molecule has 0 aromatic heterocycles. The van der Waals surface area contributed by atoms with Crippen molar-refractivity contribution in [1.29, 1.82) is 0 Å². The summed E-state index contributed by atoms with van der Waals surface area (Å²) < 4.78 is 0. The van der Waals surface area contributed by atoms with Gasteiger partial charge in [0.05, 0.1) is 6.04 Å². The minimum absolute atomic E-state index is 0.0522. The highest BCUT2D eigenvalue weighted by Gasteiger charge is 2.12. The number of aliphatic hydroxyl groups is 1. The zero-order valence-electron chi connectivity index (χ0n) is 7.91. The van der Waals surface area contributed by atoms with Gasteiger partial charge in [0.1, 0.15) is 5.76 Å². The normalized spacial score (nSPS) is 13.9. The molecule has 0 aromatic carbocycles. The molecule has 0 aliphatic heterocycles. The molecule has 1 atom stereocenters. The molecule has 0 radical (unpaired) electrons. The largest absolute Gasteiger partial charge is 0.511 e. The van der Waals surface area contributed by atoms with Crippen LogP contribution in [0.15, 0.2) is 11.8 Å². The van der Waals surface area contributed by atoms with Crippen molar-refractivity contribution in [3.05, 3.63) is 11.8 Å². The van der Waals surface area contributed by atoms with E-state index in [4.69, 9.17) is 10.8 Å². The molecule has 0 amide bonds. The minimum Gasteiger partial charge on any atom is -0.511 e. The SMILES string of the molecule is CC=C(O)C(N)CCC(=O)C(C)=O. The van der Waals surface area contributed by atoms with E-state index < -0.39 is 17.6 Å². The van der Waals surface area contributed by atoms with Crippen LogP contribution >= 0.6 is 0 Å². The summed E-state index contributed by atoms with van der Waals surface area (Å²) in [6.45, 7) is 2.88. The third kappa shape index (κ3) is 4.42. The zero-order valence-corrected chi connectivity index (χ0v) is 7.91. The predicted molar refractivity (Wildman–Crippen MR) is 49.3 cm³/mol. The number of rotatable bonds is 5. The van der Waals surface area contributed by atoms with Crippen LogP contribution in [0.2, 0.25) is 0 Å². The van der Waals surface area contributed by atoms with Crippen molar-refractivity contribution in [1.82, 2.24) is 0 Å². The quantitative estimate of drug-likeness (QED) is 0.488. The first kappa shape index (κ1) is 11.8. The van der Waals surface area contributed by atoms with Crippen LogP contribution in [0.4, 0.5) is 0 Å². The Labute approximate surface area is 77.4 Å². The Hall–Kier alpha value is -1.16. The zero-order chi connectivity index (χ0) is 10.4. The topological polar surface area (TPSA) is 80.4 Å². The van der Waals surface area contributed by atoms with Gasteiger partial charge in [-0.05, 0) is 19.4 Å². The Morgan fingerprint density at radius 2 is 2.08 bits per heavy atom. The fraction of sp³-hybridized carbons (Fsp3) is 0.556. The molecular weight excluding hydrogens is 170 g/mol.